The molecule has 0 radical (unpaired) electrons. The first-order valence-electron chi connectivity index (χ1n) is 5.64. The molecule has 1 saturated heterocycles. The Morgan fingerprint density at radius 2 is 1.75 bits per heavy atom. The molecule has 0 aromatic carbocycles. The minimum Gasteiger partial charge on any atom is -0.460 e. The lowest BCUT2D eigenvalue weighted by Crippen LogP contribution is -2.73. The molecule has 2 fully saturated rings. The Labute approximate surface area is 123 Å². The third-order valence-corrected chi connectivity index (χ3v) is 5.35. The molecule has 10 heteroatoms. The third-order valence-electron chi connectivity index (χ3n) is 3.77. The fourth-order valence-electron chi connectivity index (χ4n) is 3.03. The maximum Gasteiger partial charge on any atom is 0.415 e. The van der Waals surface area contributed by atoms with Crippen molar-refractivity contribution in [2.75, 3.05) is 0 Å². The molecule has 2 bridgehead atoms. The molecule has 20 heavy (non-hydrogen) atoms. The highest BCUT2D eigenvalue weighted by molar-refractivity contribution is 14.1. The number of halogens is 7. The third kappa shape index (κ3) is 2.09. The van der Waals surface area contributed by atoms with Gasteiger partial charge in [-0.25, -0.2) is 0 Å². The monoisotopic (exact) mass is 417 g/mol. The highest BCUT2D eigenvalue weighted by Gasteiger charge is 2.81. The first-order valence-corrected chi connectivity index (χ1v) is 6.89. The van der Waals surface area contributed by atoms with Crippen molar-refractivity contribution in [3.63, 3.8) is 0 Å². The summed E-state index contributed by atoms with van der Waals surface area (Å²) in [6.45, 7) is 1.07. The minimum absolute atomic E-state index is 0.329. The quantitative estimate of drug-likeness (QED) is 0.309. The van der Waals surface area contributed by atoms with Crippen molar-refractivity contribution in [3.8, 4) is 0 Å². The molecule has 0 aromatic heterocycles. The maximum atomic E-state index is 13.0. The number of ether oxygens (including phenoxy) is 1. The van der Waals surface area contributed by atoms with Gasteiger partial charge in [-0.2, -0.15) is 26.3 Å². The highest BCUT2D eigenvalue weighted by atomic mass is 127. The van der Waals surface area contributed by atoms with E-state index < -0.39 is 45.8 Å². The molecular weight excluding hydrogens is 407 g/mol. The van der Waals surface area contributed by atoms with Gasteiger partial charge in [0.1, 0.15) is 6.10 Å². The molecule has 1 heterocycles. The van der Waals surface area contributed by atoms with Crippen LogP contribution < -0.4 is 5.32 Å². The van der Waals surface area contributed by atoms with E-state index >= 15 is 0 Å². The Morgan fingerprint density at radius 3 is 2.10 bits per heavy atom. The van der Waals surface area contributed by atoms with E-state index in [0.29, 0.717) is 0 Å². The van der Waals surface area contributed by atoms with E-state index in [4.69, 9.17) is 4.74 Å². The Balaban J connectivity index is 2.37. The van der Waals surface area contributed by atoms with Gasteiger partial charge < -0.3 is 4.74 Å². The number of nitrogens with one attached hydrogen (secondary N) is 1. The minimum atomic E-state index is -5.46. The zero-order valence-electron chi connectivity index (χ0n) is 9.98. The summed E-state index contributed by atoms with van der Waals surface area (Å²) in [5.41, 5.74) is -3.92. The molecule has 4 atom stereocenters. The Bertz CT molecular complexity index is 407. The summed E-state index contributed by atoms with van der Waals surface area (Å²) in [4.78, 5) is 10.9. The van der Waals surface area contributed by atoms with Crippen LogP contribution in [-0.2, 0) is 9.53 Å². The van der Waals surface area contributed by atoms with Crippen LogP contribution in [0.1, 0.15) is 13.3 Å². The number of rotatable bonds is 1. The number of piperidine rings is 1. The topological polar surface area (TPSA) is 38.3 Å². The Hall–Kier alpha value is -0.260. The summed E-state index contributed by atoms with van der Waals surface area (Å²) < 4.78 is 82.0. The SMILES string of the molecule is CC(=O)O[C@@H]1[C@@H](I)[C@@H]2C[C@H]1NC2(C(F)(F)F)C(F)(F)F. The molecule has 3 nitrogen and oxygen atoms in total. The van der Waals surface area contributed by atoms with E-state index in [9.17, 15) is 31.1 Å². The Morgan fingerprint density at radius 1 is 1.25 bits per heavy atom. The molecular formula is C10H10F6INO2. The molecule has 2 rings (SSSR count). The summed E-state index contributed by atoms with van der Waals surface area (Å²) in [6, 6.07) is -1.14. The summed E-state index contributed by atoms with van der Waals surface area (Å²) in [7, 11) is 0. The van der Waals surface area contributed by atoms with Crippen LogP contribution in [0.3, 0.4) is 0 Å². The van der Waals surface area contributed by atoms with Crippen molar-refractivity contribution in [1.29, 1.82) is 0 Å². The predicted octanol–water partition coefficient (Wildman–Crippen LogP) is 2.58. The van der Waals surface area contributed by atoms with Crippen LogP contribution in [0, 0.1) is 5.92 Å². The van der Waals surface area contributed by atoms with Gasteiger partial charge in [0.05, 0.1) is 3.92 Å². The van der Waals surface area contributed by atoms with Gasteiger partial charge in [-0.05, 0) is 6.42 Å². The lowest BCUT2D eigenvalue weighted by molar-refractivity contribution is -0.319. The van der Waals surface area contributed by atoms with Gasteiger partial charge in [0.25, 0.3) is 0 Å². The van der Waals surface area contributed by atoms with Gasteiger partial charge in [0.15, 0.2) is 0 Å². The number of alkyl halides is 7. The summed E-state index contributed by atoms with van der Waals surface area (Å²) in [5.74, 6) is -2.44. The smallest absolute Gasteiger partial charge is 0.415 e. The van der Waals surface area contributed by atoms with Gasteiger partial charge in [-0.15, -0.1) is 0 Å². The Kier molecular flexibility index (Phi) is 3.72. The first kappa shape index (κ1) is 16.1. The number of hydrogen-bond acceptors (Lipinski definition) is 3. The predicted molar refractivity (Wildman–Crippen MR) is 63.2 cm³/mol. The van der Waals surface area contributed by atoms with Crippen LogP contribution in [0.5, 0.6) is 0 Å². The zero-order chi connectivity index (χ0) is 15.5. The van der Waals surface area contributed by atoms with Gasteiger partial charge >= 0.3 is 18.3 Å². The molecule has 0 unspecified atom stereocenters. The standard InChI is InChI=1S/C10H10F6INO2/c1-3(19)20-7-5-2-4(6(7)17)8(18-5,9(11,12)13)10(14,15)16/h4-7,18H,2H2,1H3/t4-,5+,6-,7-/m0/s1. The van der Waals surface area contributed by atoms with E-state index in [1.807, 2.05) is 0 Å². The lowest BCUT2D eigenvalue weighted by atomic mass is 9.82. The number of fused-ring (bicyclic) bond motifs is 2. The normalized spacial score (nSPS) is 36.2. The van der Waals surface area contributed by atoms with Crippen LogP contribution in [0.25, 0.3) is 0 Å². The number of carbonyl (C=O) groups excluding carboxylic acids is 1. The molecule has 1 aliphatic carbocycles. The van der Waals surface area contributed by atoms with E-state index in [2.05, 4.69) is 0 Å². The fourth-order valence-corrected chi connectivity index (χ4v) is 4.51. The van der Waals surface area contributed by atoms with Crippen LogP contribution >= 0.6 is 22.6 Å². The summed E-state index contributed by atoms with van der Waals surface area (Å²) in [6.07, 6.45) is -12.2. The largest absolute Gasteiger partial charge is 0.460 e. The second-order valence-corrected chi connectivity index (χ2v) is 6.35. The van der Waals surface area contributed by atoms with Gasteiger partial charge in [-0.1, -0.05) is 22.6 Å². The van der Waals surface area contributed by atoms with E-state index in [1.54, 1.807) is 5.32 Å². The number of esters is 1. The molecule has 1 N–H and O–H groups in total. The van der Waals surface area contributed by atoms with Crippen molar-refractivity contribution in [1.82, 2.24) is 5.32 Å². The second kappa shape index (κ2) is 4.62. The highest BCUT2D eigenvalue weighted by Crippen LogP contribution is 2.59. The molecule has 1 aliphatic heterocycles. The van der Waals surface area contributed by atoms with Crippen molar-refractivity contribution in [2.45, 2.75) is 47.3 Å². The van der Waals surface area contributed by atoms with E-state index in [-0.39, 0.29) is 6.42 Å². The molecule has 116 valence electrons. The van der Waals surface area contributed by atoms with Crippen LogP contribution in [0.2, 0.25) is 0 Å². The molecule has 0 spiro atoms. The van der Waals surface area contributed by atoms with Crippen LogP contribution in [0.4, 0.5) is 26.3 Å². The zero-order valence-corrected chi connectivity index (χ0v) is 12.1. The van der Waals surface area contributed by atoms with Gasteiger partial charge in [0.2, 0.25) is 5.54 Å². The average molecular weight is 417 g/mol. The number of carbonyl (C=O) groups is 1. The molecule has 0 aromatic rings. The van der Waals surface area contributed by atoms with E-state index in [0.717, 1.165) is 6.92 Å². The van der Waals surface area contributed by atoms with Crippen molar-refractivity contribution in [2.24, 2.45) is 5.92 Å². The fraction of sp³-hybridized carbons (Fsp3) is 0.900. The van der Waals surface area contributed by atoms with E-state index in [1.165, 1.54) is 22.6 Å². The maximum absolute atomic E-state index is 13.0. The van der Waals surface area contributed by atoms with Gasteiger partial charge in [-0.3, -0.25) is 10.1 Å². The second-order valence-electron chi connectivity index (χ2n) is 4.92. The molecule has 1 saturated carbocycles. The van der Waals surface area contributed by atoms with Gasteiger partial charge in [0, 0.05) is 18.9 Å². The molecule has 0 amide bonds. The van der Waals surface area contributed by atoms with Crippen molar-refractivity contribution < 1.29 is 35.9 Å². The van der Waals surface area contributed by atoms with Crippen molar-refractivity contribution >= 4 is 28.6 Å². The lowest BCUT2D eigenvalue weighted by Gasteiger charge is -2.44. The van der Waals surface area contributed by atoms with Crippen LogP contribution in [-0.4, -0.2) is 39.9 Å². The van der Waals surface area contributed by atoms with Crippen LogP contribution in [0.15, 0.2) is 0 Å². The summed E-state index contributed by atoms with van der Waals surface area (Å²) in [5, 5.41) is 1.64. The number of hydrogen-bond donors (Lipinski definition) is 1. The summed E-state index contributed by atoms with van der Waals surface area (Å²) >= 11 is 1.51. The first-order chi connectivity index (χ1) is 8.92. The van der Waals surface area contributed by atoms with Crippen molar-refractivity contribution in [3.05, 3.63) is 0 Å². The molecule has 2 aliphatic rings. The average Bonchev–Trinajstić information content (AvgIpc) is 2.74.